The Morgan fingerprint density at radius 2 is 1.56 bits per heavy atom. The summed E-state index contributed by atoms with van der Waals surface area (Å²) in [6.07, 6.45) is 0.805. The van der Waals surface area contributed by atoms with Gasteiger partial charge >= 0.3 is 0 Å². The zero-order chi connectivity index (χ0) is 23.2. The summed E-state index contributed by atoms with van der Waals surface area (Å²) in [4.78, 5) is 2.46. The van der Waals surface area contributed by atoms with Crippen LogP contribution in [0.15, 0.2) is 72.8 Å². The first-order valence-corrected chi connectivity index (χ1v) is 11.5. The summed E-state index contributed by atoms with van der Waals surface area (Å²) in [5.41, 5.74) is 4.82. The minimum Gasteiger partial charge on any atom is -0.493 e. The monoisotopic (exact) mass is 453 g/mol. The van der Waals surface area contributed by atoms with Crippen molar-refractivity contribution in [2.45, 2.75) is 18.7 Å². The normalized spacial score (nSPS) is 18.9. The maximum atomic E-state index is 6.72. The first-order chi connectivity index (χ1) is 16.7. The van der Waals surface area contributed by atoms with Crippen LogP contribution < -0.4 is 18.9 Å². The molecule has 0 radical (unpaired) electrons. The minimum atomic E-state index is -0.164. The molecule has 5 nitrogen and oxygen atoms in total. The molecule has 2 aliphatic heterocycles. The quantitative estimate of drug-likeness (QED) is 0.385. The van der Waals surface area contributed by atoms with Crippen molar-refractivity contribution in [2.24, 2.45) is 0 Å². The molecule has 2 aliphatic rings. The highest BCUT2D eigenvalue weighted by atomic mass is 16.5. The van der Waals surface area contributed by atoms with E-state index >= 15 is 0 Å². The molecule has 0 fully saturated rings. The number of ether oxygens (including phenoxy) is 4. The van der Waals surface area contributed by atoms with Gasteiger partial charge in [0.05, 0.1) is 27.4 Å². The van der Waals surface area contributed by atoms with E-state index in [1.165, 1.54) is 27.5 Å². The molecular weight excluding hydrogens is 426 g/mol. The van der Waals surface area contributed by atoms with Gasteiger partial charge in [-0.1, -0.05) is 54.6 Å². The van der Waals surface area contributed by atoms with Crippen molar-refractivity contribution in [3.05, 3.63) is 95.1 Å². The van der Waals surface area contributed by atoms with Gasteiger partial charge in [-0.05, 0) is 46.5 Å². The third-order valence-electron chi connectivity index (χ3n) is 7.04. The Hall–Kier alpha value is -3.70. The summed E-state index contributed by atoms with van der Waals surface area (Å²) in [7, 11) is 4.96. The topological polar surface area (TPSA) is 40.2 Å². The molecule has 0 saturated heterocycles. The van der Waals surface area contributed by atoms with Gasteiger partial charge in [0.2, 0.25) is 5.75 Å². The van der Waals surface area contributed by atoms with Gasteiger partial charge in [-0.2, -0.15) is 0 Å². The first kappa shape index (κ1) is 20.9. The van der Waals surface area contributed by atoms with Crippen LogP contribution in [0.1, 0.15) is 34.5 Å². The van der Waals surface area contributed by atoms with Crippen LogP contribution in [-0.4, -0.2) is 32.8 Å². The predicted molar refractivity (Wildman–Crippen MR) is 132 cm³/mol. The van der Waals surface area contributed by atoms with Crippen molar-refractivity contribution >= 4 is 10.8 Å². The third-order valence-corrected chi connectivity index (χ3v) is 7.04. The number of fused-ring (bicyclic) bond motifs is 6. The fourth-order valence-electron chi connectivity index (χ4n) is 5.51. The summed E-state index contributed by atoms with van der Waals surface area (Å²) < 4.78 is 23.8. The third kappa shape index (κ3) is 3.11. The van der Waals surface area contributed by atoms with Crippen molar-refractivity contribution in [3.8, 4) is 23.0 Å². The lowest BCUT2D eigenvalue weighted by atomic mass is 9.86. The van der Waals surface area contributed by atoms with Crippen molar-refractivity contribution < 1.29 is 18.9 Å². The Labute approximate surface area is 199 Å². The lowest BCUT2D eigenvalue weighted by Crippen LogP contribution is -2.44. The fraction of sp³-hybridized carbons (Fsp3) is 0.241. The van der Waals surface area contributed by atoms with E-state index in [2.05, 4.69) is 77.7 Å². The van der Waals surface area contributed by atoms with Crippen LogP contribution in [-0.2, 0) is 6.42 Å². The van der Waals surface area contributed by atoms with E-state index in [0.29, 0.717) is 17.2 Å². The summed E-state index contributed by atoms with van der Waals surface area (Å²) in [5.74, 6) is 2.81. The maximum Gasteiger partial charge on any atom is 0.203 e. The van der Waals surface area contributed by atoms with E-state index in [1.54, 1.807) is 21.3 Å². The first-order valence-electron chi connectivity index (χ1n) is 11.5. The van der Waals surface area contributed by atoms with Crippen LogP contribution in [0.2, 0.25) is 0 Å². The number of benzene rings is 4. The molecule has 34 heavy (non-hydrogen) atoms. The molecule has 0 aromatic heterocycles. The van der Waals surface area contributed by atoms with Crippen LogP contribution in [0.4, 0.5) is 0 Å². The summed E-state index contributed by atoms with van der Waals surface area (Å²) in [6.45, 7) is 0.881. The van der Waals surface area contributed by atoms with Crippen molar-refractivity contribution in [1.82, 2.24) is 4.90 Å². The molecule has 0 N–H and O–H groups in total. The average Bonchev–Trinajstić information content (AvgIpc) is 2.90. The Morgan fingerprint density at radius 1 is 0.824 bits per heavy atom. The van der Waals surface area contributed by atoms with Crippen molar-refractivity contribution in [2.75, 3.05) is 27.9 Å². The molecule has 0 spiro atoms. The number of hydrogen-bond donors (Lipinski definition) is 0. The second-order valence-corrected chi connectivity index (χ2v) is 8.72. The number of nitrogens with zero attached hydrogens (tertiary/aromatic N) is 1. The van der Waals surface area contributed by atoms with Gasteiger partial charge in [-0.25, -0.2) is 0 Å². The van der Waals surface area contributed by atoms with Crippen LogP contribution in [0, 0.1) is 0 Å². The second-order valence-electron chi connectivity index (χ2n) is 8.72. The van der Waals surface area contributed by atoms with Gasteiger partial charge in [-0.3, -0.25) is 4.90 Å². The van der Waals surface area contributed by atoms with E-state index in [0.717, 1.165) is 24.3 Å². The summed E-state index contributed by atoms with van der Waals surface area (Å²) in [5, 5.41) is 2.38. The van der Waals surface area contributed by atoms with Crippen molar-refractivity contribution in [1.29, 1.82) is 0 Å². The molecule has 6 rings (SSSR count). The molecule has 172 valence electrons. The Morgan fingerprint density at radius 3 is 2.32 bits per heavy atom. The molecule has 5 heteroatoms. The molecule has 0 aliphatic carbocycles. The van der Waals surface area contributed by atoms with E-state index in [9.17, 15) is 0 Å². The van der Waals surface area contributed by atoms with Gasteiger partial charge < -0.3 is 18.9 Å². The minimum absolute atomic E-state index is 0.0399. The Balaban J connectivity index is 1.62. The van der Waals surface area contributed by atoms with Crippen LogP contribution in [0.5, 0.6) is 23.0 Å². The second kappa shape index (κ2) is 8.26. The van der Waals surface area contributed by atoms with E-state index < -0.39 is 0 Å². The molecule has 2 unspecified atom stereocenters. The van der Waals surface area contributed by atoms with Gasteiger partial charge in [0.25, 0.3) is 0 Å². The van der Waals surface area contributed by atoms with Crippen LogP contribution >= 0.6 is 0 Å². The molecule has 4 aromatic rings. The molecular formula is C29H27NO4. The molecule has 0 saturated carbocycles. The molecule has 0 bridgehead atoms. The lowest BCUT2D eigenvalue weighted by Gasteiger charge is -2.46. The molecule has 0 amide bonds. The van der Waals surface area contributed by atoms with Gasteiger partial charge in [0.15, 0.2) is 17.7 Å². The highest BCUT2D eigenvalue weighted by Gasteiger charge is 2.41. The molecule has 4 aromatic carbocycles. The predicted octanol–water partition coefficient (Wildman–Crippen LogP) is 5.90. The summed E-state index contributed by atoms with van der Waals surface area (Å²) in [6, 6.07) is 25.4. The fourth-order valence-corrected chi connectivity index (χ4v) is 5.51. The maximum absolute atomic E-state index is 6.72. The van der Waals surface area contributed by atoms with E-state index in [1.807, 2.05) is 0 Å². The number of rotatable bonds is 4. The van der Waals surface area contributed by atoms with Gasteiger partial charge in [0, 0.05) is 17.7 Å². The van der Waals surface area contributed by atoms with Gasteiger partial charge in [-0.15, -0.1) is 0 Å². The lowest BCUT2D eigenvalue weighted by molar-refractivity contribution is -0.0261. The number of hydrogen-bond acceptors (Lipinski definition) is 5. The average molecular weight is 454 g/mol. The van der Waals surface area contributed by atoms with E-state index in [-0.39, 0.29) is 12.3 Å². The van der Waals surface area contributed by atoms with Crippen LogP contribution in [0.3, 0.4) is 0 Å². The highest BCUT2D eigenvalue weighted by Crippen LogP contribution is 2.52. The summed E-state index contributed by atoms with van der Waals surface area (Å²) >= 11 is 0. The van der Waals surface area contributed by atoms with E-state index in [4.69, 9.17) is 18.9 Å². The van der Waals surface area contributed by atoms with Crippen molar-refractivity contribution in [3.63, 3.8) is 0 Å². The largest absolute Gasteiger partial charge is 0.493 e. The van der Waals surface area contributed by atoms with Gasteiger partial charge in [0.1, 0.15) is 5.75 Å². The molecule has 2 heterocycles. The molecule has 2 atom stereocenters. The zero-order valence-corrected chi connectivity index (χ0v) is 19.6. The van der Waals surface area contributed by atoms with Crippen LogP contribution in [0.25, 0.3) is 10.8 Å². The number of methoxy groups -OCH3 is 3. The Kier molecular flexibility index (Phi) is 5.07. The zero-order valence-electron chi connectivity index (χ0n) is 19.6. The smallest absolute Gasteiger partial charge is 0.203 e. The highest BCUT2D eigenvalue weighted by molar-refractivity contribution is 5.89. The SMILES string of the molecule is COc1cc(C2c3c(ccc4ccccc34)OC3c4ccccc4CCN32)cc(OC)c1OC. The standard InChI is InChI=1S/C29H27NO4/c1-31-24-16-20(17-25(32-2)28(24)33-3)27-26-21-10-6-4-8-18(21)12-13-23(26)34-29-22-11-7-5-9-19(22)14-15-30(27)29/h4-13,16-17,27,29H,14-15H2,1-3H3. The Bertz CT molecular complexity index is 1360.